The van der Waals surface area contributed by atoms with Gasteiger partial charge in [-0.05, 0) is 19.5 Å². The molecule has 1 unspecified atom stereocenters. The molecule has 2 aliphatic heterocycles. The Hall–Kier alpha value is -0.520. The summed E-state index contributed by atoms with van der Waals surface area (Å²) in [5.74, 6) is 1.24. The molecule has 5 heteroatoms. The Labute approximate surface area is 100 Å². The smallest absolute Gasteiger partial charge is 0.0943 e. The largest absolute Gasteiger partial charge is 0.313 e. The van der Waals surface area contributed by atoms with Crippen molar-refractivity contribution in [2.24, 2.45) is 0 Å². The number of fused-ring (bicyclic) bond motifs is 1. The van der Waals surface area contributed by atoms with Crippen molar-refractivity contribution in [2.45, 2.75) is 24.0 Å². The first kappa shape index (κ1) is 10.6. The maximum absolute atomic E-state index is 4.74. The highest BCUT2D eigenvalue weighted by atomic mass is 32.2. The standard InChI is InChI=1S/C11H18N4S/c1-14-5-3-12-8-10(14)9-7-11-15(13-9)4-2-6-16-11/h7,10,12H,2-6,8H2,1H3. The highest BCUT2D eigenvalue weighted by molar-refractivity contribution is 7.99. The third-order valence-corrected chi connectivity index (χ3v) is 4.50. The molecule has 1 N–H and O–H groups in total. The predicted octanol–water partition coefficient (Wildman–Crippen LogP) is 0.955. The van der Waals surface area contributed by atoms with Gasteiger partial charge in [-0.1, -0.05) is 0 Å². The lowest BCUT2D eigenvalue weighted by Crippen LogP contribution is -2.44. The van der Waals surface area contributed by atoms with Gasteiger partial charge in [0.15, 0.2) is 0 Å². The van der Waals surface area contributed by atoms with Gasteiger partial charge < -0.3 is 5.32 Å². The number of nitrogens with one attached hydrogen (secondary N) is 1. The Bertz CT molecular complexity index is 353. The molecule has 1 aromatic heterocycles. The van der Waals surface area contributed by atoms with Crippen LogP contribution in [0.25, 0.3) is 0 Å². The van der Waals surface area contributed by atoms with Crippen LogP contribution in [0.3, 0.4) is 0 Å². The van der Waals surface area contributed by atoms with E-state index in [9.17, 15) is 0 Å². The van der Waals surface area contributed by atoms with Crippen molar-refractivity contribution in [2.75, 3.05) is 32.4 Å². The van der Waals surface area contributed by atoms with Crippen molar-refractivity contribution >= 4 is 11.8 Å². The number of hydrogen-bond acceptors (Lipinski definition) is 4. The Morgan fingerprint density at radius 1 is 1.50 bits per heavy atom. The maximum atomic E-state index is 4.74. The highest BCUT2D eigenvalue weighted by Crippen LogP contribution is 2.29. The minimum atomic E-state index is 0.451. The number of hydrogen-bond donors (Lipinski definition) is 1. The summed E-state index contributed by atoms with van der Waals surface area (Å²) in [5.41, 5.74) is 1.24. The average Bonchev–Trinajstić information content (AvgIpc) is 2.73. The summed E-state index contributed by atoms with van der Waals surface area (Å²) in [6.45, 7) is 4.32. The van der Waals surface area contributed by atoms with Crippen LogP contribution in [0.2, 0.25) is 0 Å². The zero-order valence-corrected chi connectivity index (χ0v) is 10.5. The molecule has 1 atom stereocenters. The Kier molecular flexibility index (Phi) is 2.91. The van der Waals surface area contributed by atoms with Gasteiger partial charge in [-0.2, -0.15) is 5.10 Å². The van der Waals surface area contributed by atoms with Gasteiger partial charge in [-0.25, -0.2) is 0 Å². The van der Waals surface area contributed by atoms with Crippen LogP contribution in [0.15, 0.2) is 11.1 Å². The van der Waals surface area contributed by atoms with E-state index in [1.807, 2.05) is 11.8 Å². The molecule has 0 saturated carbocycles. The minimum Gasteiger partial charge on any atom is -0.313 e. The molecule has 4 nitrogen and oxygen atoms in total. The molecule has 0 amide bonds. The van der Waals surface area contributed by atoms with Gasteiger partial charge in [0.25, 0.3) is 0 Å². The normalized spacial score (nSPS) is 26.7. The van der Waals surface area contributed by atoms with Gasteiger partial charge in [-0.3, -0.25) is 9.58 Å². The van der Waals surface area contributed by atoms with Crippen LogP contribution in [-0.4, -0.2) is 47.1 Å². The second-order valence-electron chi connectivity index (χ2n) is 4.53. The quantitative estimate of drug-likeness (QED) is 0.790. The van der Waals surface area contributed by atoms with E-state index in [0.29, 0.717) is 6.04 Å². The summed E-state index contributed by atoms with van der Waals surface area (Å²) in [6.07, 6.45) is 1.25. The Morgan fingerprint density at radius 2 is 2.44 bits per heavy atom. The van der Waals surface area contributed by atoms with Gasteiger partial charge in [0.1, 0.15) is 0 Å². The molecular formula is C11H18N4S. The zero-order valence-electron chi connectivity index (χ0n) is 9.65. The van der Waals surface area contributed by atoms with E-state index in [2.05, 4.69) is 28.0 Å². The van der Waals surface area contributed by atoms with Crippen molar-refractivity contribution in [1.29, 1.82) is 0 Å². The van der Waals surface area contributed by atoms with Crippen molar-refractivity contribution in [3.63, 3.8) is 0 Å². The third kappa shape index (κ3) is 1.87. The second-order valence-corrected chi connectivity index (χ2v) is 5.65. The first-order valence-electron chi connectivity index (χ1n) is 5.96. The number of aryl methyl sites for hydroxylation is 1. The highest BCUT2D eigenvalue weighted by Gasteiger charge is 2.24. The van der Waals surface area contributed by atoms with Crippen LogP contribution < -0.4 is 5.32 Å². The maximum Gasteiger partial charge on any atom is 0.0943 e. The fraction of sp³-hybridized carbons (Fsp3) is 0.727. The summed E-state index contributed by atoms with van der Waals surface area (Å²) in [7, 11) is 2.19. The molecule has 88 valence electrons. The Balaban J connectivity index is 1.85. The number of thioether (sulfide) groups is 1. The molecule has 0 radical (unpaired) electrons. The summed E-state index contributed by atoms with van der Waals surface area (Å²) in [4.78, 5) is 2.40. The first-order valence-corrected chi connectivity index (χ1v) is 6.94. The fourth-order valence-electron chi connectivity index (χ4n) is 2.39. The van der Waals surface area contributed by atoms with E-state index in [0.717, 1.165) is 26.2 Å². The fourth-order valence-corrected chi connectivity index (χ4v) is 3.35. The minimum absolute atomic E-state index is 0.451. The van der Waals surface area contributed by atoms with Gasteiger partial charge >= 0.3 is 0 Å². The molecule has 3 rings (SSSR count). The van der Waals surface area contributed by atoms with E-state index in [1.165, 1.54) is 22.9 Å². The number of piperazine rings is 1. The summed E-state index contributed by atoms with van der Waals surface area (Å²) < 4.78 is 2.17. The topological polar surface area (TPSA) is 33.1 Å². The second kappa shape index (κ2) is 4.39. The monoisotopic (exact) mass is 238 g/mol. The van der Waals surface area contributed by atoms with Gasteiger partial charge in [0.2, 0.25) is 0 Å². The summed E-state index contributed by atoms with van der Waals surface area (Å²) in [6, 6.07) is 2.73. The van der Waals surface area contributed by atoms with Crippen LogP contribution >= 0.6 is 11.8 Å². The summed E-state index contributed by atoms with van der Waals surface area (Å²) in [5, 5.41) is 9.53. The van der Waals surface area contributed by atoms with Crippen molar-refractivity contribution < 1.29 is 0 Å². The molecule has 0 spiro atoms. The molecule has 0 aromatic carbocycles. The van der Waals surface area contributed by atoms with Crippen molar-refractivity contribution in [1.82, 2.24) is 20.0 Å². The van der Waals surface area contributed by atoms with E-state index < -0.39 is 0 Å². The van der Waals surface area contributed by atoms with Crippen molar-refractivity contribution in [3.8, 4) is 0 Å². The van der Waals surface area contributed by atoms with Crippen LogP contribution in [0.4, 0.5) is 0 Å². The number of aromatic nitrogens is 2. The van der Waals surface area contributed by atoms with E-state index in [4.69, 9.17) is 5.10 Å². The molecule has 1 aromatic rings. The predicted molar refractivity (Wildman–Crippen MR) is 65.8 cm³/mol. The Morgan fingerprint density at radius 3 is 3.25 bits per heavy atom. The first-order chi connectivity index (χ1) is 7.84. The number of nitrogens with zero attached hydrogens (tertiary/aromatic N) is 3. The van der Waals surface area contributed by atoms with Crippen LogP contribution in [0, 0.1) is 0 Å². The van der Waals surface area contributed by atoms with Crippen LogP contribution in [-0.2, 0) is 6.54 Å². The lowest BCUT2D eigenvalue weighted by molar-refractivity contribution is 0.197. The molecule has 2 aliphatic rings. The lowest BCUT2D eigenvalue weighted by Gasteiger charge is -2.31. The molecule has 0 bridgehead atoms. The summed E-state index contributed by atoms with van der Waals surface area (Å²) >= 11 is 1.94. The molecule has 1 fully saturated rings. The molecule has 0 aliphatic carbocycles. The third-order valence-electron chi connectivity index (χ3n) is 3.38. The molecule has 16 heavy (non-hydrogen) atoms. The van der Waals surface area contributed by atoms with Crippen molar-refractivity contribution in [3.05, 3.63) is 11.8 Å². The van der Waals surface area contributed by atoms with E-state index in [1.54, 1.807) is 0 Å². The zero-order chi connectivity index (χ0) is 11.0. The molecule has 1 saturated heterocycles. The SMILES string of the molecule is CN1CCNCC1c1cc2n(n1)CCCS2. The number of likely N-dealkylation sites (N-methyl/N-ethyl adjacent to an activating group) is 1. The van der Waals surface area contributed by atoms with Gasteiger partial charge in [-0.15, -0.1) is 11.8 Å². The average molecular weight is 238 g/mol. The lowest BCUT2D eigenvalue weighted by atomic mass is 10.1. The van der Waals surface area contributed by atoms with Crippen LogP contribution in [0.5, 0.6) is 0 Å². The van der Waals surface area contributed by atoms with Gasteiger partial charge in [0.05, 0.1) is 16.8 Å². The van der Waals surface area contributed by atoms with E-state index >= 15 is 0 Å². The van der Waals surface area contributed by atoms with Crippen LogP contribution in [0.1, 0.15) is 18.2 Å². The van der Waals surface area contributed by atoms with E-state index in [-0.39, 0.29) is 0 Å². The van der Waals surface area contributed by atoms with Gasteiger partial charge in [0, 0.05) is 31.9 Å². The molecular weight excluding hydrogens is 220 g/mol. The molecule has 3 heterocycles. The number of rotatable bonds is 1.